The van der Waals surface area contributed by atoms with Crippen molar-refractivity contribution in [1.82, 2.24) is 5.43 Å². The predicted octanol–water partition coefficient (Wildman–Crippen LogP) is 3.03. The highest BCUT2D eigenvalue weighted by Gasteiger charge is 2.32. The van der Waals surface area contributed by atoms with Gasteiger partial charge in [-0.1, -0.05) is 41.1 Å². The van der Waals surface area contributed by atoms with Gasteiger partial charge in [-0.2, -0.15) is 0 Å². The molecule has 0 saturated heterocycles. The van der Waals surface area contributed by atoms with E-state index < -0.39 is 0 Å². The lowest BCUT2D eigenvalue weighted by atomic mass is 9.88. The lowest BCUT2D eigenvalue weighted by molar-refractivity contribution is -0.0551. The molecule has 4 heteroatoms. The van der Waals surface area contributed by atoms with Gasteiger partial charge >= 0.3 is 0 Å². The van der Waals surface area contributed by atoms with Gasteiger partial charge in [-0.05, 0) is 38.3 Å². The van der Waals surface area contributed by atoms with Crippen molar-refractivity contribution >= 4 is 15.9 Å². The first-order valence-electron chi connectivity index (χ1n) is 6.40. The maximum Gasteiger partial charge on any atom is 0.0820 e. The highest BCUT2D eigenvalue weighted by molar-refractivity contribution is 9.10. The Balaban J connectivity index is 2.87. The minimum atomic E-state index is -0.251. The van der Waals surface area contributed by atoms with Crippen LogP contribution in [-0.4, -0.2) is 18.2 Å². The average molecular weight is 315 g/mol. The van der Waals surface area contributed by atoms with Crippen molar-refractivity contribution in [2.75, 3.05) is 6.61 Å². The Morgan fingerprint density at radius 1 is 1.39 bits per heavy atom. The smallest absolute Gasteiger partial charge is 0.0820 e. The first-order valence-corrected chi connectivity index (χ1v) is 7.20. The Morgan fingerprint density at radius 3 is 2.56 bits per heavy atom. The molecule has 0 saturated carbocycles. The molecule has 0 aliphatic rings. The van der Waals surface area contributed by atoms with Crippen LogP contribution in [0.2, 0.25) is 0 Å². The average Bonchev–Trinajstić information content (AvgIpc) is 2.38. The van der Waals surface area contributed by atoms with Crippen LogP contribution in [0.4, 0.5) is 0 Å². The van der Waals surface area contributed by atoms with E-state index in [1.54, 1.807) is 0 Å². The second-order valence-corrected chi connectivity index (χ2v) is 5.47. The number of nitrogens with two attached hydrogens (primary N) is 1. The molecule has 0 aliphatic carbocycles. The Labute approximate surface area is 118 Å². The Morgan fingerprint density at radius 2 is 2.06 bits per heavy atom. The van der Waals surface area contributed by atoms with Gasteiger partial charge in [0.15, 0.2) is 0 Å². The molecule has 0 spiro atoms. The fourth-order valence-corrected chi connectivity index (χ4v) is 2.56. The molecular weight excluding hydrogens is 292 g/mol. The van der Waals surface area contributed by atoms with Crippen LogP contribution in [0.15, 0.2) is 28.7 Å². The van der Waals surface area contributed by atoms with E-state index in [1.807, 2.05) is 25.1 Å². The van der Waals surface area contributed by atoms with Crippen LogP contribution in [0.5, 0.6) is 0 Å². The molecule has 2 unspecified atom stereocenters. The summed E-state index contributed by atoms with van der Waals surface area (Å²) in [5.74, 6) is 5.72. The Hall–Kier alpha value is -0.420. The highest BCUT2D eigenvalue weighted by Crippen LogP contribution is 2.25. The molecule has 3 N–H and O–H groups in total. The summed E-state index contributed by atoms with van der Waals surface area (Å²) in [6, 6.07) is 8.29. The van der Waals surface area contributed by atoms with Crippen molar-refractivity contribution in [3.8, 4) is 0 Å². The van der Waals surface area contributed by atoms with E-state index >= 15 is 0 Å². The number of halogens is 1. The SMILES string of the molecule is CCOC(C)(CC)C(Cc1ccccc1Br)NN. The highest BCUT2D eigenvalue weighted by atomic mass is 79.9. The molecule has 0 aliphatic heterocycles. The van der Waals surface area contributed by atoms with E-state index in [2.05, 4.69) is 41.3 Å². The number of hydrogen-bond donors (Lipinski definition) is 2. The quantitative estimate of drug-likeness (QED) is 0.600. The lowest BCUT2D eigenvalue weighted by Gasteiger charge is -2.36. The van der Waals surface area contributed by atoms with Crippen molar-refractivity contribution in [3.05, 3.63) is 34.3 Å². The molecular formula is C14H23BrN2O. The van der Waals surface area contributed by atoms with Crippen molar-refractivity contribution < 1.29 is 4.74 Å². The Bertz CT molecular complexity index is 373. The molecule has 1 aromatic rings. The van der Waals surface area contributed by atoms with Crippen LogP contribution in [0, 0.1) is 0 Å². The van der Waals surface area contributed by atoms with E-state index in [9.17, 15) is 0 Å². The molecule has 1 aromatic carbocycles. The molecule has 0 aromatic heterocycles. The second-order valence-electron chi connectivity index (χ2n) is 4.61. The summed E-state index contributed by atoms with van der Waals surface area (Å²) in [6.45, 7) is 6.94. The number of hydrogen-bond acceptors (Lipinski definition) is 3. The predicted molar refractivity (Wildman–Crippen MR) is 79.3 cm³/mol. The van der Waals surface area contributed by atoms with Crippen molar-refractivity contribution in [1.29, 1.82) is 0 Å². The summed E-state index contributed by atoms with van der Waals surface area (Å²) < 4.78 is 7.00. The molecule has 2 atom stereocenters. The minimum absolute atomic E-state index is 0.0844. The van der Waals surface area contributed by atoms with Gasteiger partial charge in [0.2, 0.25) is 0 Å². The standard InChI is InChI=1S/C14H23BrN2O/c1-4-14(3,18-5-2)13(17-16)10-11-8-6-7-9-12(11)15/h6-9,13,17H,4-5,10,16H2,1-3H3. The number of benzene rings is 1. The summed E-state index contributed by atoms with van der Waals surface area (Å²) in [5, 5.41) is 0. The van der Waals surface area contributed by atoms with Crippen LogP contribution < -0.4 is 11.3 Å². The van der Waals surface area contributed by atoms with Crippen molar-refractivity contribution in [2.45, 2.75) is 45.3 Å². The summed E-state index contributed by atoms with van der Waals surface area (Å²) >= 11 is 3.57. The summed E-state index contributed by atoms with van der Waals surface area (Å²) in [7, 11) is 0. The van der Waals surface area contributed by atoms with Crippen LogP contribution in [0.25, 0.3) is 0 Å². The van der Waals surface area contributed by atoms with Gasteiger partial charge in [-0.15, -0.1) is 0 Å². The van der Waals surface area contributed by atoms with Gasteiger partial charge in [-0.3, -0.25) is 11.3 Å². The largest absolute Gasteiger partial charge is 0.374 e. The lowest BCUT2D eigenvalue weighted by Crippen LogP contribution is -2.54. The number of hydrazine groups is 1. The summed E-state index contributed by atoms with van der Waals surface area (Å²) in [6.07, 6.45) is 1.75. The zero-order valence-corrected chi connectivity index (χ0v) is 13.0. The van der Waals surface area contributed by atoms with Crippen LogP contribution in [0.3, 0.4) is 0 Å². The van der Waals surface area contributed by atoms with Crippen LogP contribution >= 0.6 is 15.9 Å². The number of ether oxygens (including phenoxy) is 1. The molecule has 102 valence electrons. The molecule has 0 heterocycles. The first kappa shape index (κ1) is 15.6. The molecule has 3 nitrogen and oxygen atoms in total. The van der Waals surface area contributed by atoms with Crippen molar-refractivity contribution in [2.24, 2.45) is 5.84 Å². The van der Waals surface area contributed by atoms with E-state index in [0.29, 0.717) is 6.61 Å². The van der Waals surface area contributed by atoms with Crippen molar-refractivity contribution in [3.63, 3.8) is 0 Å². The minimum Gasteiger partial charge on any atom is -0.374 e. The van der Waals surface area contributed by atoms with E-state index in [0.717, 1.165) is 17.3 Å². The third kappa shape index (κ3) is 3.79. The van der Waals surface area contributed by atoms with Crippen LogP contribution in [0.1, 0.15) is 32.8 Å². The summed E-state index contributed by atoms with van der Waals surface area (Å²) in [4.78, 5) is 0. The van der Waals surface area contributed by atoms with Crippen LogP contribution in [-0.2, 0) is 11.2 Å². The van der Waals surface area contributed by atoms with Gasteiger partial charge in [0.05, 0.1) is 11.6 Å². The fourth-order valence-electron chi connectivity index (χ4n) is 2.11. The molecule has 0 bridgehead atoms. The van der Waals surface area contributed by atoms with Gasteiger partial charge in [0.25, 0.3) is 0 Å². The maximum absolute atomic E-state index is 5.89. The maximum atomic E-state index is 5.89. The van der Waals surface area contributed by atoms with Gasteiger partial charge in [0, 0.05) is 11.1 Å². The zero-order valence-electron chi connectivity index (χ0n) is 11.4. The second kappa shape index (κ2) is 7.24. The van der Waals surface area contributed by atoms with Gasteiger partial charge < -0.3 is 4.74 Å². The summed E-state index contributed by atoms with van der Waals surface area (Å²) in [5.41, 5.74) is 3.89. The first-order chi connectivity index (χ1) is 8.57. The third-order valence-corrected chi connectivity index (χ3v) is 4.27. The number of nitrogens with one attached hydrogen (secondary N) is 1. The van der Waals surface area contributed by atoms with E-state index in [-0.39, 0.29) is 11.6 Å². The third-order valence-electron chi connectivity index (χ3n) is 3.50. The number of rotatable bonds is 7. The van der Waals surface area contributed by atoms with Gasteiger partial charge in [-0.25, -0.2) is 0 Å². The molecule has 0 radical (unpaired) electrons. The molecule has 0 amide bonds. The van der Waals surface area contributed by atoms with E-state index in [4.69, 9.17) is 10.6 Å². The fraction of sp³-hybridized carbons (Fsp3) is 0.571. The Kier molecular flexibility index (Phi) is 6.29. The topological polar surface area (TPSA) is 47.3 Å². The monoisotopic (exact) mass is 314 g/mol. The zero-order chi connectivity index (χ0) is 13.6. The molecule has 18 heavy (non-hydrogen) atoms. The molecule has 1 rings (SSSR count). The van der Waals surface area contributed by atoms with Gasteiger partial charge in [0.1, 0.15) is 0 Å². The van der Waals surface area contributed by atoms with E-state index in [1.165, 1.54) is 5.56 Å². The molecule has 0 fully saturated rings. The normalized spacial score (nSPS) is 16.3.